The first-order chi connectivity index (χ1) is 11.9. The predicted molar refractivity (Wildman–Crippen MR) is 83.5 cm³/mol. The molecule has 4 atom stereocenters. The third-order valence-corrected chi connectivity index (χ3v) is 5.10. The van der Waals surface area contributed by atoms with E-state index in [1.165, 1.54) is 18.2 Å². The standard InChI is InChI=1S/C17H19FN2O5/c1-3-20-14(22)11-12(15(20)23)17(8-21,16(24)25-2)19-13(11)9-6-4-5-7-10(9)18/h4-7,11-13,19,21H,3,8H2,1-2H3/t11-,12+,13-,17+/m0/s1. The molecule has 1 aromatic carbocycles. The van der Waals surface area contributed by atoms with E-state index in [0.29, 0.717) is 0 Å². The molecule has 2 heterocycles. The highest BCUT2D eigenvalue weighted by Gasteiger charge is 2.68. The number of methoxy groups -OCH3 is 1. The Morgan fingerprint density at radius 1 is 1.36 bits per heavy atom. The van der Waals surface area contributed by atoms with Crippen molar-refractivity contribution in [3.05, 3.63) is 35.6 Å². The van der Waals surface area contributed by atoms with Crippen molar-refractivity contribution in [2.75, 3.05) is 20.3 Å². The fourth-order valence-electron chi connectivity index (χ4n) is 3.95. The fourth-order valence-corrected chi connectivity index (χ4v) is 3.95. The number of fused-ring (bicyclic) bond motifs is 1. The molecule has 2 N–H and O–H groups in total. The second-order valence-corrected chi connectivity index (χ2v) is 6.19. The van der Waals surface area contributed by atoms with E-state index in [1.54, 1.807) is 13.0 Å². The molecule has 2 amide bonds. The van der Waals surface area contributed by atoms with E-state index in [0.717, 1.165) is 12.0 Å². The fraction of sp³-hybridized carbons (Fsp3) is 0.471. The van der Waals surface area contributed by atoms with Crippen LogP contribution in [0.5, 0.6) is 0 Å². The molecule has 2 saturated heterocycles. The van der Waals surface area contributed by atoms with Gasteiger partial charge in [0.1, 0.15) is 5.82 Å². The van der Waals surface area contributed by atoms with Gasteiger partial charge in [-0.2, -0.15) is 0 Å². The van der Waals surface area contributed by atoms with Crippen LogP contribution in [0.2, 0.25) is 0 Å². The minimum Gasteiger partial charge on any atom is -0.468 e. The summed E-state index contributed by atoms with van der Waals surface area (Å²) in [5.74, 6) is -4.62. The largest absolute Gasteiger partial charge is 0.468 e. The van der Waals surface area contributed by atoms with E-state index in [2.05, 4.69) is 5.32 Å². The number of hydrogen-bond acceptors (Lipinski definition) is 6. The van der Waals surface area contributed by atoms with Crippen LogP contribution in [-0.2, 0) is 19.1 Å². The maximum Gasteiger partial charge on any atom is 0.329 e. The molecule has 7 nitrogen and oxygen atoms in total. The van der Waals surface area contributed by atoms with Crippen LogP contribution in [0.25, 0.3) is 0 Å². The number of carbonyl (C=O) groups is 3. The number of nitrogens with one attached hydrogen (secondary N) is 1. The second-order valence-electron chi connectivity index (χ2n) is 6.19. The molecule has 8 heteroatoms. The number of halogens is 1. The number of ether oxygens (including phenoxy) is 1. The Kier molecular flexibility index (Phi) is 4.34. The zero-order valence-electron chi connectivity index (χ0n) is 13.9. The molecule has 0 bridgehead atoms. The number of imide groups is 1. The predicted octanol–water partition coefficient (Wildman–Crippen LogP) is -0.00480. The number of aliphatic hydroxyl groups is 1. The monoisotopic (exact) mass is 350 g/mol. The first-order valence-electron chi connectivity index (χ1n) is 7.99. The minimum absolute atomic E-state index is 0.136. The Bertz CT molecular complexity index is 740. The number of likely N-dealkylation sites (tertiary alicyclic amines) is 1. The number of rotatable bonds is 4. The first-order valence-corrected chi connectivity index (χ1v) is 7.99. The smallest absolute Gasteiger partial charge is 0.329 e. The van der Waals surface area contributed by atoms with Gasteiger partial charge in [-0.25, -0.2) is 9.18 Å². The van der Waals surface area contributed by atoms with Gasteiger partial charge in [0.05, 0.1) is 25.6 Å². The Hall–Kier alpha value is -2.32. The normalized spacial score (nSPS) is 31.4. The Morgan fingerprint density at radius 3 is 2.60 bits per heavy atom. The number of hydrogen-bond donors (Lipinski definition) is 2. The summed E-state index contributed by atoms with van der Waals surface area (Å²) in [6, 6.07) is 4.91. The topological polar surface area (TPSA) is 95.9 Å². The summed E-state index contributed by atoms with van der Waals surface area (Å²) in [6.45, 7) is 1.03. The summed E-state index contributed by atoms with van der Waals surface area (Å²) >= 11 is 0. The van der Waals surface area contributed by atoms with Crippen LogP contribution < -0.4 is 5.32 Å². The van der Waals surface area contributed by atoms with Crippen LogP contribution in [-0.4, -0.2) is 53.6 Å². The van der Waals surface area contributed by atoms with Gasteiger partial charge in [-0.3, -0.25) is 19.8 Å². The van der Waals surface area contributed by atoms with Gasteiger partial charge >= 0.3 is 5.97 Å². The molecular weight excluding hydrogens is 331 g/mol. The summed E-state index contributed by atoms with van der Waals surface area (Å²) in [7, 11) is 1.13. The van der Waals surface area contributed by atoms with Crippen molar-refractivity contribution >= 4 is 17.8 Å². The summed E-state index contributed by atoms with van der Waals surface area (Å²) < 4.78 is 19.1. The highest BCUT2D eigenvalue weighted by atomic mass is 19.1. The van der Waals surface area contributed by atoms with Crippen molar-refractivity contribution in [2.45, 2.75) is 18.5 Å². The quantitative estimate of drug-likeness (QED) is 0.586. The lowest BCUT2D eigenvalue weighted by Gasteiger charge is -2.30. The minimum atomic E-state index is -1.79. The van der Waals surface area contributed by atoms with E-state index in [4.69, 9.17) is 4.74 Å². The van der Waals surface area contributed by atoms with Crippen LogP contribution in [0.1, 0.15) is 18.5 Å². The van der Waals surface area contributed by atoms with Crippen molar-refractivity contribution in [3.8, 4) is 0 Å². The SMILES string of the molecule is CCN1C(=O)[C@@H]2[C@H](c3ccccc3F)N[C@@](CO)(C(=O)OC)[C@H]2C1=O. The summed E-state index contributed by atoms with van der Waals surface area (Å²) in [4.78, 5) is 38.9. The summed E-state index contributed by atoms with van der Waals surface area (Å²) in [6.07, 6.45) is 0. The number of amides is 2. The van der Waals surface area contributed by atoms with E-state index in [9.17, 15) is 23.9 Å². The first kappa shape index (κ1) is 17.5. The van der Waals surface area contributed by atoms with Gasteiger partial charge in [-0.15, -0.1) is 0 Å². The number of nitrogens with zero attached hydrogens (tertiary/aromatic N) is 1. The van der Waals surface area contributed by atoms with Gasteiger partial charge < -0.3 is 9.84 Å². The highest BCUT2D eigenvalue weighted by Crippen LogP contribution is 2.49. The average molecular weight is 350 g/mol. The average Bonchev–Trinajstić information content (AvgIpc) is 3.09. The van der Waals surface area contributed by atoms with Crippen LogP contribution in [0.3, 0.4) is 0 Å². The molecule has 25 heavy (non-hydrogen) atoms. The molecule has 0 aliphatic carbocycles. The Balaban J connectivity index is 2.17. The molecule has 3 rings (SSSR count). The van der Waals surface area contributed by atoms with Crippen molar-refractivity contribution in [3.63, 3.8) is 0 Å². The molecule has 1 aromatic rings. The lowest BCUT2D eigenvalue weighted by atomic mass is 9.79. The van der Waals surface area contributed by atoms with Gasteiger partial charge in [0.2, 0.25) is 11.8 Å². The third kappa shape index (κ3) is 2.28. The van der Waals surface area contributed by atoms with E-state index >= 15 is 0 Å². The Morgan fingerprint density at radius 2 is 2.04 bits per heavy atom. The molecule has 0 unspecified atom stereocenters. The maximum absolute atomic E-state index is 14.3. The molecule has 0 saturated carbocycles. The molecule has 2 fully saturated rings. The van der Waals surface area contributed by atoms with Gasteiger partial charge in [-0.05, 0) is 13.0 Å². The van der Waals surface area contributed by atoms with Crippen molar-refractivity contribution in [1.82, 2.24) is 10.2 Å². The molecule has 0 aromatic heterocycles. The van der Waals surface area contributed by atoms with Crippen molar-refractivity contribution in [1.29, 1.82) is 0 Å². The van der Waals surface area contributed by atoms with E-state index in [1.807, 2.05) is 0 Å². The number of esters is 1. The molecule has 0 spiro atoms. The third-order valence-electron chi connectivity index (χ3n) is 5.10. The van der Waals surface area contributed by atoms with Crippen LogP contribution in [0.4, 0.5) is 4.39 Å². The second kappa shape index (κ2) is 6.20. The molecule has 2 aliphatic heterocycles. The van der Waals surface area contributed by atoms with Crippen LogP contribution in [0, 0.1) is 17.7 Å². The van der Waals surface area contributed by atoms with Gasteiger partial charge in [0.15, 0.2) is 5.54 Å². The lowest BCUT2D eigenvalue weighted by Crippen LogP contribution is -2.58. The van der Waals surface area contributed by atoms with E-state index < -0.39 is 53.6 Å². The van der Waals surface area contributed by atoms with Gasteiger partial charge in [0.25, 0.3) is 0 Å². The zero-order valence-corrected chi connectivity index (χ0v) is 13.9. The number of carbonyl (C=O) groups excluding carboxylic acids is 3. The van der Waals surface area contributed by atoms with Gasteiger partial charge in [-0.1, -0.05) is 18.2 Å². The summed E-state index contributed by atoms with van der Waals surface area (Å²) in [5, 5.41) is 12.8. The lowest BCUT2D eigenvalue weighted by molar-refractivity contribution is -0.156. The molecular formula is C17H19FN2O5. The van der Waals surface area contributed by atoms with Gasteiger partial charge in [0, 0.05) is 18.2 Å². The van der Waals surface area contributed by atoms with Crippen molar-refractivity contribution in [2.24, 2.45) is 11.8 Å². The van der Waals surface area contributed by atoms with Crippen LogP contribution in [0.15, 0.2) is 24.3 Å². The number of aliphatic hydroxyl groups excluding tert-OH is 1. The van der Waals surface area contributed by atoms with Crippen molar-refractivity contribution < 1.29 is 28.6 Å². The van der Waals surface area contributed by atoms with Crippen LogP contribution >= 0.6 is 0 Å². The molecule has 134 valence electrons. The molecule has 2 aliphatic rings. The van der Waals surface area contributed by atoms with E-state index in [-0.39, 0.29) is 12.1 Å². The summed E-state index contributed by atoms with van der Waals surface area (Å²) in [5.41, 5.74) is -1.63. The maximum atomic E-state index is 14.3. The highest BCUT2D eigenvalue weighted by molar-refractivity contribution is 6.09. The zero-order chi connectivity index (χ0) is 18.4. The molecule has 0 radical (unpaired) electrons. The number of benzene rings is 1. The Labute approximate surface area is 143 Å².